The molecule has 0 aromatic rings. The molecule has 110 valence electrons. The number of thioether (sulfide) groups is 1. The molecule has 1 unspecified atom stereocenters. The number of nitrogens with two attached hydrogens (primary N) is 1. The van der Waals surface area contributed by atoms with Crippen LogP contribution in [0.5, 0.6) is 0 Å². The van der Waals surface area contributed by atoms with Crippen molar-refractivity contribution < 1.29 is 14.3 Å². The second-order valence-electron chi connectivity index (χ2n) is 5.72. The Morgan fingerprint density at radius 1 is 1.47 bits per heavy atom. The van der Waals surface area contributed by atoms with Gasteiger partial charge in [-0.25, -0.2) is 4.79 Å². The van der Waals surface area contributed by atoms with E-state index in [2.05, 4.69) is 0 Å². The van der Waals surface area contributed by atoms with Crippen molar-refractivity contribution in [2.75, 3.05) is 24.7 Å². The zero-order valence-corrected chi connectivity index (χ0v) is 13.0. The number of hydrogen-bond acceptors (Lipinski definition) is 5. The molecule has 2 atom stereocenters. The average molecular weight is 288 g/mol. The molecule has 0 saturated carbocycles. The molecule has 1 rings (SSSR count). The van der Waals surface area contributed by atoms with Crippen LogP contribution in [0.15, 0.2) is 0 Å². The lowest BCUT2D eigenvalue weighted by atomic mass is 9.86. The standard InChI is InChI=1S/C13H24N2O3S/c1-5-18-12(17)9-8-19-7-6-15(9)11(16)10(14)13(2,3)4/h9-10H,5-8,14H2,1-4H3/t9?,10-/m0/s1. The van der Waals surface area contributed by atoms with Crippen LogP contribution in [0.1, 0.15) is 27.7 Å². The van der Waals surface area contributed by atoms with Crippen LogP contribution in [0.3, 0.4) is 0 Å². The molecule has 0 radical (unpaired) electrons. The normalized spacial score (nSPS) is 21.9. The summed E-state index contributed by atoms with van der Waals surface area (Å²) in [6.45, 7) is 8.42. The Hall–Kier alpha value is -0.750. The maximum absolute atomic E-state index is 12.4. The van der Waals surface area contributed by atoms with Crippen molar-refractivity contribution in [2.45, 2.75) is 39.8 Å². The number of nitrogens with zero attached hydrogens (tertiary/aromatic N) is 1. The molecule has 5 nitrogen and oxygen atoms in total. The first kappa shape index (κ1) is 16.3. The van der Waals surface area contributed by atoms with E-state index in [-0.39, 0.29) is 17.3 Å². The van der Waals surface area contributed by atoms with Crippen LogP contribution in [0.25, 0.3) is 0 Å². The van der Waals surface area contributed by atoms with Crippen molar-refractivity contribution in [3.63, 3.8) is 0 Å². The summed E-state index contributed by atoms with van der Waals surface area (Å²) in [6.07, 6.45) is 0. The summed E-state index contributed by atoms with van der Waals surface area (Å²) in [5.41, 5.74) is 5.69. The first-order chi connectivity index (χ1) is 8.79. The lowest BCUT2D eigenvalue weighted by Gasteiger charge is -2.38. The van der Waals surface area contributed by atoms with Crippen LogP contribution in [0.2, 0.25) is 0 Å². The number of amides is 1. The predicted molar refractivity (Wildman–Crippen MR) is 76.9 cm³/mol. The number of hydrogen-bond donors (Lipinski definition) is 1. The minimum absolute atomic E-state index is 0.161. The summed E-state index contributed by atoms with van der Waals surface area (Å²) in [6, 6.07) is -1.10. The summed E-state index contributed by atoms with van der Waals surface area (Å²) >= 11 is 1.66. The smallest absolute Gasteiger partial charge is 0.329 e. The monoisotopic (exact) mass is 288 g/mol. The van der Waals surface area contributed by atoms with Gasteiger partial charge in [-0.3, -0.25) is 4.79 Å². The fraction of sp³-hybridized carbons (Fsp3) is 0.846. The lowest BCUT2D eigenvalue weighted by molar-refractivity contribution is -0.155. The van der Waals surface area contributed by atoms with Gasteiger partial charge < -0.3 is 15.4 Å². The average Bonchev–Trinajstić information content (AvgIpc) is 2.36. The van der Waals surface area contributed by atoms with E-state index in [4.69, 9.17) is 10.5 Å². The number of carbonyl (C=O) groups excluding carboxylic acids is 2. The van der Waals surface area contributed by atoms with Crippen LogP contribution < -0.4 is 5.73 Å². The molecule has 0 aromatic heterocycles. The zero-order valence-electron chi connectivity index (χ0n) is 12.1. The van der Waals surface area contributed by atoms with Crippen molar-refractivity contribution in [3.05, 3.63) is 0 Å². The molecule has 1 amide bonds. The Morgan fingerprint density at radius 2 is 2.11 bits per heavy atom. The molecule has 1 heterocycles. The van der Waals surface area contributed by atoms with Crippen LogP contribution in [0, 0.1) is 5.41 Å². The maximum atomic E-state index is 12.4. The van der Waals surface area contributed by atoms with E-state index in [9.17, 15) is 9.59 Å². The molecule has 2 N–H and O–H groups in total. The lowest BCUT2D eigenvalue weighted by Crippen LogP contribution is -2.58. The fourth-order valence-electron chi connectivity index (χ4n) is 1.85. The van der Waals surface area contributed by atoms with Gasteiger partial charge in [-0.15, -0.1) is 0 Å². The molecule has 1 saturated heterocycles. The van der Waals surface area contributed by atoms with Gasteiger partial charge in [-0.2, -0.15) is 11.8 Å². The highest BCUT2D eigenvalue weighted by Crippen LogP contribution is 2.23. The largest absolute Gasteiger partial charge is 0.464 e. The highest BCUT2D eigenvalue weighted by molar-refractivity contribution is 7.99. The quantitative estimate of drug-likeness (QED) is 0.780. The van der Waals surface area contributed by atoms with Crippen molar-refractivity contribution in [1.82, 2.24) is 4.90 Å². The Balaban J connectivity index is 2.82. The molecule has 0 spiro atoms. The van der Waals surface area contributed by atoms with E-state index < -0.39 is 12.1 Å². The minimum atomic E-state index is -0.604. The Labute approximate surface area is 119 Å². The number of esters is 1. The van der Waals surface area contributed by atoms with Gasteiger partial charge in [-0.1, -0.05) is 20.8 Å². The van der Waals surface area contributed by atoms with E-state index in [1.165, 1.54) is 0 Å². The number of ether oxygens (including phenoxy) is 1. The molecular formula is C13H24N2O3S. The second kappa shape index (κ2) is 6.61. The molecule has 19 heavy (non-hydrogen) atoms. The zero-order chi connectivity index (χ0) is 14.6. The molecule has 0 bridgehead atoms. The predicted octanol–water partition coefficient (Wildman–Crippen LogP) is 0.867. The van der Waals surface area contributed by atoms with Crippen LogP contribution in [0.4, 0.5) is 0 Å². The molecule has 1 aliphatic heterocycles. The first-order valence-electron chi connectivity index (χ1n) is 6.59. The van der Waals surface area contributed by atoms with Crippen LogP contribution in [-0.4, -0.2) is 53.5 Å². The first-order valence-corrected chi connectivity index (χ1v) is 7.75. The summed E-state index contributed by atoms with van der Waals surface area (Å²) in [7, 11) is 0. The summed E-state index contributed by atoms with van der Waals surface area (Å²) in [5.74, 6) is 0.926. The molecule has 0 aromatic carbocycles. The SMILES string of the molecule is CCOC(=O)C1CSCCN1C(=O)[C@H](N)C(C)(C)C. The fourth-order valence-corrected chi connectivity index (χ4v) is 2.88. The second-order valence-corrected chi connectivity index (χ2v) is 6.87. The molecule has 1 fully saturated rings. The summed E-state index contributed by atoms with van der Waals surface area (Å²) in [5, 5.41) is 0. The molecular weight excluding hydrogens is 264 g/mol. The summed E-state index contributed by atoms with van der Waals surface area (Å²) in [4.78, 5) is 26.0. The Bertz CT molecular complexity index is 341. The third-order valence-corrected chi connectivity index (χ3v) is 4.19. The van der Waals surface area contributed by atoms with Gasteiger partial charge in [0.15, 0.2) is 0 Å². The third kappa shape index (κ3) is 4.11. The molecule has 6 heteroatoms. The number of rotatable bonds is 3. The van der Waals surface area contributed by atoms with Gasteiger partial charge >= 0.3 is 5.97 Å². The molecule has 0 aliphatic carbocycles. The van der Waals surface area contributed by atoms with Crippen LogP contribution >= 0.6 is 11.8 Å². The van der Waals surface area contributed by atoms with Crippen molar-refractivity contribution in [2.24, 2.45) is 11.1 Å². The third-order valence-electron chi connectivity index (χ3n) is 3.17. The van der Waals surface area contributed by atoms with Gasteiger partial charge in [0, 0.05) is 18.1 Å². The van der Waals surface area contributed by atoms with E-state index in [1.54, 1.807) is 23.6 Å². The maximum Gasteiger partial charge on any atom is 0.329 e. The van der Waals surface area contributed by atoms with E-state index in [1.807, 2.05) is 20.8 Å². The van der Waals surface area contributed by atoms with Crippen LogP contribution in [-0.2, 0) is 14.3 Å². The van der Waals surface area contributed by atoms with Gasteiger partial charge in [0.2, 0.25) is 5.91 Å². The van der Waals surface area contributed by atoms with Crippen molar-refractivity contribution in [1.29, 1.82) is 0 Å². The highest BCUT2D eigenvalue weighted by Gasteiger charge is 2.38. The van der Waals surface area contributed by atoms with Gasteiger partial charge in [0.05, 0.1) is 12.6 Å². The topological polar surface area (TPSA) is 72.6 Å². The van der Waals surface area contributed by atoms with Gasteiger partial charge in [0.1, 0.15) is 6.04 Å². The van der Waals surface area contributed by atoms with E-state index >= 15 is 0 Å². The Kier molecular flexibility index (Phi) is 5.67. The summed E-state index contributed by atoms with van der Waals surface area (Å²) < 4.78 is 5.04. The van der Waals surface area contributed by atoms with Gasteiger partial charge in [-0.05, 0) is 12.3 Å². The highest BCUT2D eigenvalue weighted by atomic mass is 32.2. The van der Waals surface area contributed by atoms with Crippen molar-refractivity contribution in [3.8, 4) is 0 Å². The Morgan fingerprint density at radius 3 is 2.63 bits per heavy atom. The minimum Gasteiger partial charge on any atom is -0.464 e. The van der Waals surface area contributed by atoms with E-state index in [0.29, 0.717) is 18.9 Å². The van der Waals surface area contributed by atoms with Crippen molar-refractivity contribution >= 4 is 23.6 Å². The van der Waals surface area contributed by atoms with E-state index in [0.717, 1.165) is 5.75 Å². The molecule has 1 aliphatic rings. The van der Waals surface area contributed by atoms with Gasteiger partial charge in [0.25, 0.3) is 0 Å². The number of carbonyl (C=O) groups is 2.